The Bertz CT molecular complexity index is 487. The van der Waals surface area contributed by atoms with Gasteiger partial charge in [0, 0.05) is 13.1 Å². The Morgan fingerprint density at radius 2 is 2.00 bits per heavy atom. The van der Waals surface area contributed by atoms with Crippen LogP contribution in [-0.2, 0) is 14.6 Å². The van der Waals surface area contributed by atoms with Crippen LogP contribution in [0.3, 0.4) is 0 Å². The summed E-state index contributed by atoms with van der Waals surface area (Å²) in [6.07, 6.45) is 4.19. The third kappa shape index (κ3) is 3.97. The molecule has 21 heavy (non-hydrogen) atoms. The van der Waals surface area contributed by atoms with Gasteiger partial charge in [0.2, 0.25) is 5.91 Å². The first-order chi connectivity index (χ1) is 9.75. The lowest BCUT2D eigenvalue weighted by atomic mass is 9.87. The first-order valence-corrected chi connectivity index (χ1v) is 9.64. The summed E-state index contributed by atoms with van der Waals surface area (Å²) in [5.74, 6) is 0.335. The number of likely N-dealkylation sites (N-methyl/N-ethyl adjacent to an activating group) is 1. The second kappa shape index (κ2) is 6.24. The molecular formula is C15H28N2O3S. The number of rotatable bonds is 3. The van der Waals surface area contributed by atoms with Crippen LogP contribution in [0.5, 0.6) is 0 Å². The van der Waals surface area contributed by atoms with Gasteiger partial charge < -0.3 is 10.2 Å². The summed E-state index contributed by atoms with van der Waals surface area (Å²) < 4.78 is 24.4. The van der Waals surface area contributed by atoms with Crippen LogP contribution in [0.2, 0.25) is 0 Å². The molecule has 0 aromatic rings. The number of hydrogen-bond donors (Lipinski definition) is 1. The number of carbonyl (C=O) groups excluding carboxylic acids is 1. The van der Waals surface area contributed by atoms with E-state index in [0.717, 1.165) is 25.7 Å². The maximum atomic E-state index is 12.6. The van der Waals surface area contributed by atoms with Crippen molar-refractivity contribution in [3.8, 4) is 0 Å². The number of amides is 1. The molecule has 2 fully saturated rings. The molecule has 2 aliphatic heterocycles. The summed E-state index contributed by atoms with van der Waals surface area (Å²) in [5.41, 5.74) is 0.0414. The molecule has 122 valence electrons. The second-order valence-electron chi connectivity index (χ2n) is 7.25. The average molecular weight is 316 g/mol. The molecule has 2 saturated heterocycles. The molecule has 0 aromatic heterocycles. The fraction of sp³-hybridized carbons (Fsp3) is 0.933. The van der Waals surface area contributed by atoms with Gasteiger partial charge in [-0.2, -0.15) is 0 Å². The molecule has 1 amide bonds. The third-order valence-electron chi connectivity index (χ3n) is 4.82. The number of likely N-dealkylation sites (tertiary alicyclic amines) is 1. The van der Waals surface area contributed by atoms with Gasteiger partial charge in [0.05, 0.1) is 17.0 Å². The lowest BCUT2D eigenvalue weighted by molar-refractivity contribution is -0.133. The zero-order valence-electron chi connectivity index (χ0n) is 13.4. The Kier molecular flexibility index (Phi) is 4.98. The Hall–Kier alpha value is -0.620. The highest BCUT2D eigenvalue weighted by Gasteiger charge is 2.38. The summed E-state index contributed by atoms with van der Waals surface area (Å²) in [6, 6.07) is -0.182. The van der Waals surface area contributed by atoms with E-state index in [2.05, 4.69) is 19.2 Å². The first-order valence-electron chi connectivity index (χ1n) is 7.93. The monoisotopic (exact) mass is 316 g/mol. The molecule has 6 heteroatoms. The highest BCUT2D eigenvalue weighted by atomic mass is 32.2. The van der Waals surface area contributed by atoms with Gasteiger partial charge in [0.25, 0.3) is 0 Å². The molecule has 0 spiro atoms. The Morgan fingerprint density at radius 3 is 2.62 bits per heavy atom. The number of hydrogen-bond acceptors (Lipinski definition) is 4. The largest absolute Gasteiger partial charge is 0.340 e. The molecule has 1 N–H and O–H groups in total. The van der Waals surface area contributed by atoms with Crippen molar-refractivity contribution < 1.29 is 13.2 Å². The highest BCUT2D eigenvalue weighted by Crippen LogP contribution is 2.30. The fourth-order valence-corrected chi connectivity index (χ4v) is 5.32. The van der Waals surface area contributed by atoms with Crippen molar-refractivity contribution in [3.05, 3.63) is 0 Å². The van der Waals surface area contributed by atoms with Crippen molar-refractivity contribution in [1.29, 1.82) is 0 Å². The van der Waals surface area contributed by atoms with Crippen molar-refractivity contribution in [2.24, 2.45) is 5.41 Å². The van der Waals surface area contributed by atoms with Crippen molar-refractivity contribution in [2.45, 2.75) is 57.2 Å². The van der Waals surface area contributed by atoms with Crippen molar-refractivity contribution in [1.82, 2.24) is 10.2 Å². The minimum atomic E-state index is -3.03. The highest BCUT2D eigenvalue weighted by molar-refractivity contribution is 7.92. The minimum Gasteiger partial charge on any atom is -0.340 e. The molecule has 0 aromatic carbocycles. The van der Waals surface area contributed by atoms with E-state index in [1.807, 2.05) is 0 Å². The summed E-state index contributed by atoms with van der Waals surface area (Å²) in [7, 11) is -1.23. The zero-order valence-corrected chi connectivity index (χ0v) is 14.2. The van der Waals surface area contributed by atoms with Crippen LogP contribution in [0.25, 0.3) is 0 Å². The molecule has 0 aliphatic carbocycles. The summed E-state index contributed by atoms with van der Waals surface area (Å²) in [4.78, 5) is 14.4. The van der Waals surface area contributed by atoms with Crippen LogP contribution in [0.4, 0.5) is 0 Å². The second-order valence-corrected chi connectivity index (χ2v) is 9.65. The lowest BCUT2D eigenvalue weighted by Gasteiger charge is -2.34. The maximum absolute atomic E-state index is 12.6. The molecule has 2 atom stereocenters. The van der Waals surface area contributed by atoms with Gasteiger partial charge in [-0.25, -0.2) is 8.42 Å². The lowest BCUT2D eigenvalue weighted by Crippen LogP contribution is -2.49. The molecule has 5 nitrogen and oxygen atoms in total. The van der Waals surface area contributed by atoms with E-state index in [-0.39, 0.29) is 28.4 Å². The predicted molar refractivity (Wildman–Crippen MR) is 83.9 cm³/mol. The van der Waals surface area contributed by atoms with E-state index in [9.17, 15) is 13.2 Å². The number of nitrogens with one attached hydrogen (secondary N) is 1. The summed E-state index contributed by atoms with van der Waals surface area (Å²) >= 11 is 0. The van der Waals surface area contributed by atoms with Gasteiger partial charge in [0.1, 0.15) is 0 Å². The zero-order chi connectivity index (χ0) is 15.7. The molecule has 2 unspecified atom stereocenters. The van der Waals surface area contributed by atoms with Crippen LogP contribution in [0.1, 0.15) is 46.0 Å². The van der Waals surface area contributed by atoms with Crippen molar-refractivity contribution in [2.75, 3.05) is 25.9 Å². The van der Waals surface area contributed by atoms with Gasteiger partial charge in [-0.1, -0.05) is 20.3 Å². The normalized spacial score (nSPS) is 32.7. The van der Waals surface area contributed by atoms with E-state index < -0.39 is 9.84 Å². The van der Waals surface area contributed by atoms with Gasteiger partial charge >= 0.3 is 0 Å². The predicted octanol–water partition coefficient (Wildman–Crippen LogP) is 1.19. The fourth-order valence-electron chi connectivity index (χ4n) is 3.45. The van der Waals surface area contributed by atoms with Crippen LogP contribution in [-0.4, -0.2) is 56.4 Å². The molecule has 2 aliphatic rings. The summed E-state index contributed by atoms with van der Waals surface area (Å²) in [5, 5.41) is 2.71. The third-order valence-corrected chi connectivity index (χ3v) is 7.08. The summed E-state index contributed by atoms with van der Waals surface area (Å²) in [6.45, 7) is 5.32. The molecule has 0 saturated carbocycles. The maximum Gasteiger partial charge on any atom is 0.239 e. The van der Waals surface area contributed by atoms with Gasteiger partial charge in [0.15, 0.2) is 9.84 Å². The van der Waals surface area contributed by atoms with Crippen molar-refractivity contribution in [3.63, 3.8) is 0 Å². The smallest absolute Gasteiger partial charge is 0.239 e. The first kappa shape index (κ1) is 16.7. The SMILES string of the molecule is CNC1CCC(C)(C)CN(CC2CCCCS2(=O)=O)C1=O. The van der Waals surface area contributed by atoms with Crippen LogP contribution in [0.15, 0.2) is 0 Å². The Labute approximate surface area is 128 Å². The topological polar surface area (TPSA) is 66.5 Å². The van der Waals surface area contributed by atoms with Crippen LogP contribution < -0.4 is 5.32 Å². The Morgan fingerprint density at radius 1 is 1.29 bits per heavy atom. The van der Waals surface area contributed by atoms with E-state index in [0.29, 0.717) is 19.5 Å². The molecule has 0 radical (unpaired) electrons. The van der Waals surface area contributed by atoms with Gasteiger partial charge in [-0.05, 0) is 38.1 Å². The molecular weight excluding hydrogens is 288 g/mol. The van der Waals surface area contributed by atoms with E-state index in [4.69, 9.17) is 0 Å². The quantitative estimate of drug-likeness (QED) is 0.849. The standard InChI is InChI=1S/C15H28N2O3S/c1-15(2)8-7-13(16-3)14(18)17(11-15)10-12-6-4-5-9-21(12,19)20/h12-13,16H,4-11H2,1-3H3. The average Bonchev–Trinajstić information content (AvgIpc) is 2.50. The number of carbonyl (C=O) groups is 1. The van der Waals surface area contributed by atoms with Crippen LogP contribution >= 0.6 is 0 Å². The van der Waals surface area contributed by atoms with E-state index >= 15 is 0 Å². The Balaban J connectivity index is 2.16. The number of sulfone groups is 1. The molecule has 0 bridgehead atoms. The van der Waals surface area contributed by atoms with Crippen molar-refractivity contribution >= 4 is 15.7 Å². The van der Waals surface area contributed by atoms with E-state index in [1.165, 1.54) is 0 Å². The van der Waals surface area contributed by atoms with Gasteiger partial charge in [-0.3, -0.25) is 4.79 Å². The van der Waals surface area contributed by atoms with E-state index in [1.54, 1.807) is 11.9 Å². The minimum absolute atomic E-state index is 0.0414. The van der Waals surface area contributed by atoms with Crippen LogP contribution in [0, 0.1) is 5.41 Å². The number of nitrogens with zero attached hydrogens (tertiary/aromatic N) is 1. The molecule has 2 rings (SSSR count). The van der Waals surface area contributed by atoms with Gasteiger partial charge in [-0.15, -0.1) is 0 Å². The molecule has 2 heterocycles.